The van der Waals surface area contributed by atoms with Crippen molar-refractivity contribution in [2.24, 2.45) is 4.99 Å². The second kappa shape index (κ2) is 6.85. The topological polar surface area (TPSA) is 41.5 Å². The number of nitrogens with one attached hydrogen (secondary N) is 1. The highest BCUT2D eigenvalue weighted by molar-refractivity contribution is 6.34. The van der Waals surface area contributed by atoms with Crippen LogP contribution in [0.15, 0.2) is 46.8 Å². The Morgan fingerprint density at radius 3 is 2.86 bits per heavy atom. The molecule has 0 atom stereocenters. The first-order valence-electron chi connectivity index (χ1n) is 6.14. The van der Waals surface area contributed by atoms with E-state index in [1.807, 2.05) is 0 Å². The molecular formula is C15H10Cl2F2N2O. The van der Waals surface area contributed by atoms with Crippen molar-refractivity contribution in [2.75, 3.05) is 5.32 Å². The number of nitrogens with zero attached hydrogens (tertiary/aromatic N) is 1. The normalized spacial score (nSPS) is 16.7. The molecule has 0 aliphatic carbocycles. The molecule has 0 radical (unpaired) electrons. The maximum absolute atomic E-state index is 13.7. The lowest BCUT2D eigenvalue weighted by atomic mass is 10.1. The Morgan fingerprint density at radius 1 is 1.45 bits per heavy atom. The van der Waals surface area contributed by atoms with E-state index < -0.39 is 17.6 Å². The second-order valence-electron chi connectivity index (χ2n) is 4.30. The monoisotopic (exact) mass is 342 g/mol. The van der Waals surface area contributed by atoms with Crippen molar-refractivity contribution in [3.63, 3.8) is 0 Å². The molecule has 1 heterocycles. The maximum atomic E-state index is 13.7. The minimum absolute atomic E-state index is 0.104. The second-order valence-corrected chi connectivity index (χ2v) is 5.06. The van der Waals surface area contributed by atoms with Gasteiger partial charge in [0.2, 0.25) is 0 Å². The summed E-state index contributed by atoms with van der Waals surface area (Å²) >= 11 is 11.3. The van der Waals surface area contributed by atoms with Crippen LogP contribution in [0.25, 0.3) is 5.57 Å². The summed E-state index contributed by atoms with van der Waals surface area (Å²) in [7, 11) is 0. The highest BCUT2D eigenvalue weighted by Gasteiger charge is 2.25. The van der Waals surface area contributed by atoms with Crippen LogP contribution < -0.4 is 5.32 Å². The molecule has 114 valence electrons. The smallest absolute Gasteiger partial charge is 0.256 e. The van der Waals surface area contributed by atoms with Gasteiger partial charge >= 0.3 is 0 Å². The first-order chi connectivity index (χ1) is 10.4. The molecule has 0 saturated heterocycles. The number of allylic oxidation sites excluding steroid dienone is 3. The highest BCUT2D eigenvalue weighted by Crippen LogP contribution is 2.36. The molecule has 0 spiro atoms. The first-order valence-corrected chi connectivity index (χ1v) is 6.89. The van der Waals surface area contributed by atoms with Crippen LogP contribution in [0.2, 0.25) is 5.02 Å². The van der Waals surface area contributed by atoms with Crippen LogP contribution in [0.3, 0.4) is 0 Å². The molecule has 7 heteroatoms. The fraction of sp³-hybridized carbons (Fsp3) is 0.0667. The molecule has 0 aromatic heterocycles. The van der Waals surface area contributed by atoms with Gasteiger partial charge in [-0.05, 0) is 12.1 Å². The van der Waals surface area contributed by atoms with Crippen molar-refractivity contribution < 1.29 is 13.6 Å². The average Bonchev–Trinajstić information content (AvgIpc) is 2.77. The van der Waals surface area contributed by atoms with Gasteiger partial charge in [0.1, 0.15) is 11.6 Å². The molecule has 1 aliphatic rings. The molecular weight excluding hydrogens is 333 g/mol. The fourth-order valence-electron chi connectivity index (χ4n) is 1.85. The van der Waals surface area contributed by atoms with Crippen LogP contribution in [0, 0.1) is 5.82 Å². The number of hydrogen-bond donors (Lipinski definition) is 1. The molecule has 1 aromatic carbocycles. The number of halogens is 4. The number of aliphatic imine (C=N–C) groups is 1. The van der Waals surface area contributed by atoms with Gasteiger partial charge in [-0.2, -0.15) is 0 Å². The molecule has 3 nitrogen and oxygen atoms in total. The van der Waals surface area contributed by atoms with Crippen LogP contribution in [0.4, 0.5) is 14.5 Å². The summed E-state index contributed by atoms with van der Waals surface area (Å²) in [6.07, 6.45) is 3.65. The Labute approximate surface area is 135 Å². The fourth-order valence-corrected chi connectivity index (χ4v) is 2.15. The van der Waals surface area contributed by atoms with E-state index in [0.29, 0.717) is 11.3 Å². The molecule has 0 fully saturated rings. The Kier molecular flexibility index (Phi) is 5.11. The summed E-state index contributed by atoms with van der Waals surface area (Å²) in [5.74, 6) is -1.84. The summed E-state index contributed by atoms with van der Waals surface area (Å²) < 4.78 is 27.3. The number of amides is 1. The van der Waals surface area contributed by atoms with E-state index in [1.54, 1.807) is 0 Å². The number of benzene rings is 1. The van der Waals surface area contributed by atoms with E-state index >= 15 is 0 Å². The number of fused-ring (bicyclic) bond motifs is 1. The predicted octanol–water partition coefficient (Wildman–Crippen LogP) is 4.84. The summed E-state index contributed by atoms with van der Waals surface area (Å²) in [5.41, 5.74) is 0.853. The standard InChI is InChI=1S/C15H10Cl2F2N2O/c1-2-5-20-14(17)11(18)4-3-8-9-6-12(19)10(16)7-13(9)21-15(8)22/h2-3,5-7H,1,4H2,(H,21,22)/b8-3+,14-11+,20-5?. The highest BCUT2D eigenvalue weighted by atomic mass is 35.5. The zero-order chi connectivity index (χ0) is 16.3. The van der Waals surface area contributed by atoms with Crippen molar-refractivity contribution in [1.29, 1.82) is 0 Å². The lowest BCUT2D eigenvalue weighted by Gasteiger charge is -2.01. The molecule has 2 rings (SSSR count). The van der Waals surface area contributed by atoms with E-state index in [4.69, 9.17) is 23.2 Å². The third-order valence-electron chi connectivity index (χ3n) is 2.85. The minimum atomic E-state index is -0.719. The molecule has 0 unspecified atom stereocenters. The van der Waals surface area contributed by atoms with Gasteiger partial charge in [0.05, 0.1) is 10.7 Å². The molecule has 1 amide bonds. The summed E-state index contributed by atoms with van der Waals surface area (Å²) in [6, 6.07) is 2.43. The van der Waals surface area contributed by atoms with E-state index in [0.717, 1.165) is 6.07 Å². The van der Waals surface area contributed by atoms with Gasteiger partial charge in [-0.15, -0.1) is 0 Å². The van der Waals surface area contributed by atoms with E-state index in [2.05, 4.69) is 16.9 Å². The Balaban J connectivity index is 2.31. The number of anilines is 1. The number of carbonyl (C=O) groups excluding carboxylic acids is 1. The van der Waals surface area contributed by atoms with Gasteiger partial charge in [0, 0.05) is 23.8 Å². The van der Waals surface area contributed by atoms with Crippen molar-refractivity contribution >= 4 is 46.6 Å². The van der Waals surface area contributed by atoms with Crippen molar-refractivity contribution in [3.05, 3.63) is 58.3 Å². The number of rotatable bonds is 4. The molecule has 1 aromatic rings. The zero-order valence-electron chi connectivity index (χ0n) is 11.2. The maximum Gasteiger partial charge on any atom is 0.256 e. The van der Waals surface area contributed by atoms with E-state index in [9.17, 15) is 13.6 Å². The third kappa shape index (κ3) is 3.43. The summed E-state index contributed by atoms with van der Waals surface area (Å²) in [4.78, 5) is 15.4. The largest absolute Gasteiger partial charge is 0.321 e. The quantitative estimate of drug-likeness (QED) is 0.474. The van der Waals surface area contributed by atoms with Gasteiger partial charge in [-0.1, -0.05) is 41.9 Å². The SMILES string of the molecule is C=CC=N/C(Cl)=C(/F)C/C=C1/C(=O)Nc2cc(Cl)c(F)cc21. The predicted molar refractivity (Wildman–Crippen MR) is 85.3 cm³/mol. The van der Waals surface area contributed by atoms with Gasteiger partial charge in [-0.3, -0.25) is 4.79 Å². The zero-order valence-corrected chi connectivity index (χ0v) is 12.7. The summed E-state index contributed by atoms with van der Waals surface area (Å²) in [6.45, 7) is 3.39. The molecule has 0 bridgehead atoms. The van der Waals surface area contributed by atoms with Crippen LogP contribution in [-0.2, 0) is 4.79 Å². The van der Waals surface area contributed by atoms with Crippen molar-refractivity contribution in [2.45, 2.75) is 6.42 Å². The minimum Gasteiger partial charge on any atom is -0.321 e. The van der Waals surface area contributed by atoms with Crippen molar-refractivity contribution in [1.82, 2.24) is 0 Å². The Hall–Kier alpha value is -1.98. The van der Waals surface area contributed by atoms with Crippen LogP contribution in [-0.4, -0.2) is 12.1 Å². The first kappa shape index (κ1) is 16.4. The van der Waals surface area contributed by atoms with E-state index in [-0.39, 0.29) is 22.2 Å². The summed E-state index contributed by atoms with van der Waals surface area (Å²) in [5, 5.41) is 2.09. The lowest BCUT2D eigenvalue weighted by molar-refractivity contribution is -0.110. The molecule has 0 saturated carbocycles. The van der Waals surface area contributed by atoms with E-state index in [1.165, 1.54) is 24.4 Å². The average molecular weight is 343 g/mol. The lowest BCUT2D eigenvalue weighted by Crippen LogP contribution is -2.03. The number of hydrogen-bond acceptors (Lipinski definition) is 2. The van der Waals surface area contributed by atoms with Gasteiger partial charge in [0.25, 0.3) is 5.91 Å². The van der Waals surface area contributed by atoms with Gasteiger partial charge < -0.3 is 5.32 Å². The third-order valence-corrected chi connectivity index (χ3v) is 3.44. The Bertz CT molecular complexity index is 739. The van der Waals surface area contributed by atoms with Crippen LogP contribution in [0.5, 0.6) is 0 Å². The van der Waals surface area contributed by atoms with Crippen molar-refractivity contribution in [3.8, 4) is 0 Å². The Morgan fingerprint density at radius 2 is 2.18 bits per heavy atom. The van der Waals surface area contributed by atoms with Gasteiger partial charge in [-0.25, -0.2) is 13.8 Å². The molecule has 1 N–H and O–H groups in total. The molecule has 22 heavy (non-hydrogen) atoms. The van der Waals surface area contributed by atoms with Crippen LogP contribution in [0.1, 0.15) is 12.0 Å². The van der Waals surface area contributed by atoms with Crippen LogP contribution >= 0.6 is 23.2 Å². The molecule has 1 aliphatic heterocycles. The van der Waals surface area contributed by atoms with Gasteiger partial charge in [0.15, 0.2) is 5.16 Å². The number of carbonyl (C=O) groups is 1.